The summed E-state index contributed by atoms with van der Waals surface area (Å²) < 4.78 is 0. The van der Waals surface area contributed by atoms with Crippen LogP contribution in [0.5, 0.6) is 0 Å². The van der Waals surface area contributed by atoms with Gasteiger partial charge in [0.2, 0.25) is 0 Å². The van der Waals surface area contributed by atoms with Gasteiger partial charge in [0.15, 0.2) is 0 Å². The molecule has 0 bridgehead atoms. The minimum absolute atomic E-state index is 0.0344. The van der Waals surface area contributed by atoms with Crippen molar-refractivity contribution in [2.75, 3.05) is 13.6 Å². The van der Waals surface area contributed by atoms with E-state index in [9.17, 15) is 4.79 Å². The Balaban J connectivity index is 2.12. The molecule has 1 aliphatic carbocycles. The Kier molecular flexibility index (Phi) is 3.72. The van der Waals surface area contributed by atoms with Crippen LogP contribution in [0.2, 0.25) is 0 Å². The molecule has 0 aliphatic heterocycles. The summed E-state index contributed by atoms with van der Waals surface area (Å²) in [6.45, 7) is 0.813. The Morgan fingerprint density at radius 2 is 2.25 bits per heavy atom. The number of rotatable bonds is 4. The van der Waals surface area contributed by atoms with E-state index in [1.54, 1.807) is 6.20 Å². The molecule has 1 aromatic rings. The van der Waals surface area contributed by atoms with Gasteiger partial charge in [-0.2, -0.15) is 0 Å². The Morgan fingerprint density at radius 1 is 1.50 bits per heavy atom. The molecule has 0 unspecified atom stereocenters. The van der Waals surface area contributed by atoms with Crippen LogP contribution in [0.4, 0.5) is 0 Å². The summed E-state index contributed by atoms with van der Waals surface area (Å²) in [7, 11) is 1.88. The van der Waals surface area contributed by atoms with Crippen molar-refractivity contribution in [2.45, 2.75) is 38.0 Å². The number of nitrogens with one attached hydrogen (secondary N) is 2. The first-order chi connectivity index (χ1) is 7.81. The van der Waals surface area contributed by atoms with E-state index in [2.05, 4.69) is 15.3 Å². The van der Waals surface area contributed by atoms with Gasteiger partial charge in [0.1, 0.15) is 5.82 Å². The van der Waals surface area contributed by atoms with Crippen LogP contribution in [-0.2, 0) is 6.42 Å². The number of nitrogens with zero attached hydrogens (tertiary/aromatic N) is 1. The second-order valence-corrected chi connectivity index (χ2v) is 4.46. The number of aromatic amines is 1. The molecule has 0 amide bonds. The fourth-order valence-electron chi connectivity index (χ4n) is 2.28. The van der Waals surface area contributed by atoms with Crippen molar-refractivity contribution in [3.63, 3.8) is 0 Å². The lowest BCUT2D eigenvalue weighted by Gasteiger charge is -2.08. The lowest BCUT2D eigenvalue weighted by Crippen LogP contribution is -2.21. The molecule has 1 aromatic heterocycles. The number of likely N-dealkylation sites (N-methyl/N-ethyl adjacent to an activating group) is 1. The van der Waals surface area contributed by atoms with Gasteiger partial charge in [0.05, 0.1) is 0 Å². The molecule has 16 heavy (non-hydrogen) atoms. The van der Waals surface area contributed by atoms with Crippen LogP contribution in [0.1, 0.15) is 43.0 Å². The monoisotopic (exact) mass is 221 g/mol. The largest absolute Gasteiger partial charge is 0.319 e. The first-order valence-electron chi connectivity index (χ1n) is 6.04. The summed E-state index contributed by atoms with van der Waals surface area (Å²) in [5.74, 6) is 1.36. The number of hydrogen-bond donors (Lipinski definition) is 2. The van der Waals surface area contributed by atoms with E-state index in [1.807, 2.05) is 7.05 Å². The quantitative estimate of drug-likeness (QED) is 0.803. The van der Waals surface area contributed by atoms with Gasteiger partial charge >= 0.3 is 0 Å². The lowest BCUT2D eigenvalue weighted by atomic mass is 10.1. The van der Waals surface area contributed by atoms with Gasteiger partial charge in [0, 0.05) is 17.7 Å². The van der Waals surface area contributed by atoms with E-state index >= 15 is 0 Å². The predicted molar refractivity (Wildman–Crippen MR) is 63.7 cm³/mol. The molecule has 4 heteroatoms. The van der Waals surface area contributed by atoms with Gasteiger partial charge in [-0.25, -0.2) is 4.98 Å². The van der Waals surface area contributed by atoms with Crippen LogP contribution in [-0.4, -0.2) is 23.6 Å². The third-order valence-corrected chi connectivity index (χ3v) is 3.28. The van der Waals surface area contributed by atoms with Gasteiger partial charge in [-0.1, -0.05) is 12.8 Å². The average Bonchev–Trinajstić information content (AvgIpc) is 2.81. The lowest BCUT2D eigenvalue weighted by molar-refractivity contribution is 0.658. The zero-order chi connectivity index (χ0) is 11.4. The molecule has 1 saturated carbocycles. The van der Waals surface area contributed by atoms with Crippen molar-refractivity contribution < 1.29 is 0 Å². The molecule has 4 nitrogen and oxygen atoms in total. The Bertz CT molecular complexity index is 393. The minimum atomic E-state index is 0.0344. The van der Waals surface area contributed by atoms with Crippen molar-refractivity contribution in [3.8, 4) is 0 Å². The SMILES string of the molecule is CNCCc1cnc(C2CCCC2)[nH]c1=O. The summed E-state index contributed by atoms with van der Waals surface area (Å²) in [5.41, 5.74) is 0.809. The number of H-pyrrole nitrogens is 1. The summed E-state index contributed by atoms with van der Waals surface area (Å²) >= 11 is 0. The van der Waals surface area contributed by atoms with Crippen LogP contribution in [0.25, 0.3) is 0 Å². The fraction of sp³-hybridized carbons (Fsp3) is 0.667. The second-order valence-electron chi connectivity index (χ2n) is 4.46. The fourth-order valence-corrected chi connectivity index (χ4v) is 2.28. The maximum atomic E-state index is 11.8. The number of hydrogen-bond acceptors (Lipinski definition) is 3. The van der Waals surface area contributed by atoms with E-state index in [1.165, 1.54) is 25.7 Å². The Morgan fingerprint density at radius 3 is 2.88 bits per heavy atom. The molecule has 0 spiro atoms. The van der Waals surface area contributed by atoms with E-state index in [0.29, 0.717) is 5.92 Å². The molecule has 0 radical (unpaired) electrons. The van der Waals surface area contributed by atoms with E-state index < -0.39 is 0 Å². The van der Waals surface area contributed by atoms with Gasteiger partial charge in [-0.15, -0.1) is 0 Å². The minimum Gasteiger partial charge on any atom is -0.319 e. The average molecular weight is 221 g/mol. The molecule has 2 rings (SSSR count). The highest BCUT2D eigenvalue weighted by Crippen LogP contribution is 2.31. The third-order valence-electron chi connectivity index (χ3n) is 3.28. The highest BCUT2D eigenvalue weighted by Gasteiger charge is 2.19. The summed E-state index contributed by atoms with van der Waals surface area (Å²) in [6, 6.07) is 0. The molecule has 1 heterocycles. The highest BCUT2D eigenvalue weighted by atomic mass is 16.1. The van der Waals surface area contributed by atoms with Gasteiger partial charge in [-0.3, -0.25) is 4.79 Å². The summed E-state index contributed by atoms with van der Waals surface area (Å²) in [6.07, 6.45) is 7.33. The van der Waals surface area contributed by atoms with Crippen LogP contribution in [0.3, 0.4) is 0 Å². The van der Waals surface area contributed by atoms with Crippen molar-refractivity contribution in [1.82, 2.24) is 15.3 Å². The van der Waals surface area contributed by atoms with Gasteiger partial charge < -0.3 is 10.3 Å². The molecular formula is C12H19N3O. The van der Waals surface area contributed by atoms with E-state index in [-0.39, 0.29) is 5.56 Å². The number of aromatic nitrogens is 2. The van der Waals surface area contributed by atoms with Crippen LogP contribution < -0.4 is 10.9 Å². The maximum absolute atomic E-state index is 11.8. The first-order valence-corrected chi connectivity index (χ1v) is 6.04. The molecule has 0 aromatic carbocycles. The van der Waals surface area contributed by atoms with Crippen LogP contribution in [0.15, 0.2) is 11.0 Å². The van der Waals surface area contributed by atoms with Crippen molar-refractivity contribution >= 4 is 0 Å². The zero-order valence-electron chi connectivity index (χ0n) is 9.75. The van der Waals surface area contributed by atoms with Gasteiger partial charge in [0.25, 0.3) is 5.56 Å². The normalized spacial score (nSPS) is 16.8. The summed E-state index contributed by atoms with van der Waals surface area (Å²) in [5, 5.41) is 3.03. The molecule has 2 N–H and O–H groups in total. The topological polar surface area (TPSA) is 57.8 Å². The summed E-state index contributed by atoms with van der Waals surface area (Å²) in [4.78, 5) is 19.1. The third kappa shape index (κ3) is 2.50. The molecule has 0 atom stereocenters. The van der Waals surface area contributed by atoms with Crippen LogP contribution in [0, 0.1) is 0 Å². The standard InChI is InChI=1S/C12H19N3O/c1-13-7-6-10-8-14-11(15-12(10)16)9-4-2-3-5-9/h8-9,13H,2-7H2,1H3,(H,14,15,16). The smallest absolute Gasteiger partial charge is 0.254 e. The predicted octanol–water partition coefficient (Wildman–Crippen LogP) is 1.19. The van der Waals surface area contributed by atoms with E-state index in [0.717, 1.165) is 24.4 Å². The van der Waals surface area contributed by atoms with Crippen molar-refractivity contribution in [3.05, 3.63) is 27.9 Å². The molecule has 88 valence electrons. The first kappa shape index (κ1) is 11.3. The molecule has 0 saturated heterocycles. The van der Waals surface area contributed by atoms with E-state index in [4.69, 9.17) is 0 Å². The maximum Gasteiger partial charge on any atom is 0.254 e. The Labute approximate surface area is 95.5 Å². The van der Waals surface area contributed by atoms with Gasteiger partial charge in [-0.05, 0) is 32.9 Å². The second kappa shape index (κ2) is 5.25. The van der Waals surface area contributed by atoms with Crippen molar-refractivity contribution in [2.24, 2.45) is 0 Å². The Hall–Kier alpha value is -1.16. The molecule has 1 fully saturated rings. The van der Waals surface area contributed by atoms with Crippen molar-refractivity contribution in [1.29, 1.82) is 0 Å². The van der Waals surface area contributed by atoms with Crippen LogP contribution >= 0.6 is 0 Å². The highest BCUT2D eigenvalue weighted by molar-refractivity contribution is 5.09. The zero-order valence-corrected chi connectivity index (χ0v) is 9.75. The molecule has 1 aliphatic rings. The molecular weight excluding hydrogens is 202 g/mol.